The average Bonchev–Trinajstić information content (AvgIpc) is 3.10. The standard InChI is InChI=1S/C14H19N5O2/c1-4-19-13(15-7-16-19)12(10-5-6-10)17-14(20)11-8(2)18-21-9(11)3/h7,10,12H,4-6H2,1-3H3,(H,17,20)/t12-/m0/s1. The van der Waals surface area contributed by atoms with Crippen LogP contribution in [0, 0.1) is 19.8 Å². The Kier molecular flexibility index (Phi) is 3.48. The van der Waals surface area contributed by atoms with E-state index in [9.17, 15) is 4.79 Å². The van der Waals surface area contributed by atoms with Gasteiger partial charge in [-0.25, -0.2) is 9.67 Å². The minimum atomic E-state index is -0.159. The molecule has 1 aliphatic carbocycles. The summed E-state index contributed by atoms with van der Waals surface area (Å²) in [4.78, 5) is 16.8. The van der Waals surface area contributed by atoms with Crippen molar-refractivity contribution in [3.05, 3.63) is 29.2 Å². The number of rotatable bonds is 5. The lowest BCUT2D eigenvalue weighted by Crippen LogP contribution is -2.32. The Morgan fingerprint density at radius 3 is 2.86 bits per heavy atom. The minimum absolute atomic E-state index is 0.103. The highest BCUT2D eigenvalue weighted by Crippen LogP contribution is 2.40. The predicted octanol–water partition coefficient (Wildman–Crippen LogP) is 1.78. The van der Waals surface area contributed by atoms with Gasteiger partial charge in [-0.2, -0.15) is 5.10 Å². The summed E-state index contributed by atoms with van der Waals surface area (Å²) in [5.74, 6) is 1.63. The lowest BCUT2D eigenvalue weighted by molar-refractivity contribution is 0.0926. The third kappa shape index (κ3) is 2.55. The molecule has 2 heterocycles. The first-order chi connectivity index (χ1) is 10.1. The monoisotopic (exact) mass is 289 g/mol. The van der Waals surface area contributed by atoms with Crippen molar-refractivity contribution in [3.8, 4) is 0 Å². The summed E-state index contributed by atoms with van der Waals surface area (Å²) in [6.07, 6.45) is 3.74. The van der Waals surface area contributed by atoms with Gasteiger partial charge < -0.3 is 9.84 Å². The van der Waals surface area contributed by atoms with Crippen LogP contribution in [0.1, 0.15) is 53.4 Å². The van der Waals surface area contributed by atoms with Crippen molar-refractivity contribution in [3.63, 3.8) is 0 Å². The van der Waals surface area contributed by atoms with Gasteiger partial charge in [0.05, 0.1) is 11.7 Å². The van der Waals surface area contributed by atoms with Gasteiger partial charge in [-0.3, -0.25) is 4.79 Å². The van der Waals surface area contributed by atoms with Crippen LogP contribution < -0.4 is 5.32 Å². The van der Waals surface area contributed by atoms with Gasteiger partial charge in [0.1, 0.15) is 23.5 Å². The van der Waals surface area contributed by atoms with Crippen molar-refractivity contribution in [2.75, 3.05) is 0 Å². The molecule has 0 bridgehead atoms. The number of nitrogens with zero attached hydrogens (tertiary/aromatic N) is 4. The van der Waals surface area contributed by atoms with Crippen LogP contribution in [0.25, 0.3) is 0 Å². The molecule has 7 nitrogen and oxygen atoms in total. The summed E-state index contributed by atoms with van der Waals surface area (Å²) in [7, 11) is 0. The van der Waals surface area contributed by atoms with Crippen LogP contribution in [0.4, 0.5) is 0 Å². The molecule has 7 heteroatoms. The summed E-state index contributed by atoms with van der Waals surface area (Å²) in [6.45, 7) is 6.26. The molecule has 1 fully saturated rings. The zero-order valence-corrected chi connectivity index (χ0v) is 12.5. The Morgan fingerprint density at radius 1 is 1.52 bits per heavy atom. The highest BCUT2D eigenvalue weighted by molar-refractivity contribution is 5.96. The molecule has 0 spiro atoms. The zero-order chi connectivity index (χ0) is 15.0. The smallest absolute Gasteiger partial charge is 0.257 e. The van der Waals surface area contributed by atoms with Crippen LogP contribution in [0.2, 0.25) is 0 Å². The maximum Gasteiger partial charge on any atom is 0.257 e. The number of hydrogen-bond donors (Lipinski definition) is 1. The van der Waals surface area contributed by atoms with Crippen LogP contribution in [0.3, 0.4) is 0 Å². The molecular formula is C14H19N5O2. The van der Waals surface area contributed by atoms with E-state index < -0.39 is 0 Å². The molecule has 1 amide bonds. The van der Waals surface area contributed by atoms with Crippen LogP contribution >= 0.6 is 0 Å². The van der Waals surface area contributed by atoms with E-state index >= 15 is 0 Å². The largest absolute Gasteiger partial charge is 0.361 e. The van der Waals surface area contributed by atoms with E-state index in [1.807, 2.05) is 11.6 Å². The van der Waals surface area contributed by atoms with Crippen LogP contribution in [-0.4, -0.2) is 25.8 Å². The fourth-order valence-electron chi connectivity index (χ4n) is 2.60. The van der Waals surface area contributed by atoms with Gasteiger partial charge in [-0.05, 0) is 39.5 Å². The number of nitrogens with one attached hydrogen (secondary N) is 1. The van der Waals surface area contributed by atoms with Gasteiger partial charge >= 0.3 is 0 Å². The van der Waals surface area contributed by atoms with Crippen molar-refractivity contribution in [2.45, 2.75) is 46.2 Å². The highest BCUT2D eigenvalue weighted by Gasteiger charge is 2.37. The van der Waals surface area contributed by atoms with Crippen LogP contribution in [0.15, 0.2) is 10.9 Å². The second-order valence-corrected chi connectivity index (χ2v) is 5.42. The Labute approximate surface area is 122 Å². The van der Waals surface area contributed by atoms with Crippen molar-refractivity contribution in [1.29, 1.82) is 0 Å². The first kappa shape index (κ1) is 13.8. The van der Waals surface area contributed by atoms with E-state index in [0.717, 1.165) is 25.2 Å². The zero-order valence-electron chi connectivity index (χ0n) is 12.5. The molecule has 1 aliphatic rings. The van der Waals surface area contributed by atoms with Crippen LogP contribution in [0.5, 0.6) is 0 Å². The molecule has 112 valence electrons. The topological polar surface area (TPSA) is 85.8 Å². The average molecular weight is 289 g/mol. The molecule has 0 radical (unpaired) electrons. The molecular weight excluding hydrogens is 270 g/mol. The molecule has 2 aromatic rings. The first-order valence-corrected chi connectivity index (χ1v) is 7.23. The van der Waals surface area contributed by atoms with Gasteiger partial charge in [-0.15, -0.1) is 0 Å². The summed E-state index contributed by atoms with van der Waals surface area (Å²) in [5.41, 5.74) is 1.12. The Morgan fingerprint density at radius 2 is 2.29 bits per heavy atom. The normalized spacial score (nSPS) is 16.0. The second kappa shape index (κ2) is 5.31. The van der Waals surface area contributed by atoms with E-state index in [4.69, 9.17) is 4.52 Å². The third-order valence-corrected chi connectivity index (χ3v) is 3.86. The number of aromatic nitrogens is 4. The molecule has 3 rings (SSSR count). The van der Waals surface area contributed by atoms with Gasteiger partial charge in [0.2, 0.25) is 0 Å². The maximum atomic E-state index is 12.5. The Balaban J connectivity index is 1.85. The molecule has 2 aromatic heterocycles. The number of hydrogen-bond acceptors (Lipinski definition) is 5. The SMILES string of the molecule is CCn1ncnc1[C@@H](NC(=O)c1c(C)noc1C)C1CC1. The fraction of sp³-hybridized carbons (Fsp3) is 0.571. The molecule has 1 N–H and O–H groups in total. The number of aryl methyl sites for hydroxylation is 3. The van der Waals surface area contributed by atoms with E-state index in [-0.39, 0.29) is 11.9 Å². The Hall–Kier alpha value is -2.18. The summed E-state index contributed by atoms with van der Waals surface area (Å²) < 4.78 is 6.90. The second-order valence-electron chi connectivity index (χ2n) is 5.42. The third-order valence-electron chi connectivity index (χ3n) is 3.86. The van der Waals surface area contributed by atoms with Crippen molar-refractivity contribution in [1.82, 2.24) is 25.2 Å². The lowest BCUT2D eigenvalue weighted by Gasteiger charge is -2.18. The highest BCUT2D eigenvalue weighted by atomic mass is 16.5. The van der Waals surface area contributed by atoms with Gasteiger partial charge in [-0.1, -0.05) is 5.16 Å². The quantitative estimate of drug-likeness (QED) is 0.906. The van der Waals surface area contributed by atoms with Crippen molar-refractivity contribution in [2.24, 2.45) is 5.92 Å². The van der Waals surface area contributed by atoms with Gasteiger partial charge in [0.15, 0.2) is 0 Å². The van der Waals surface area contributed by atoms with E-state index in [1.54, 1.807) is 13.8 Å². The summed E-state index contributed by atoms with van der Waals surface area (Å²) >= 11 is 0. The summed E-state index contributed by atoms with van der Waals surface area (Å²) in [6, 6.07) is -0.103. The van der Waals surface area contributed by atoms with Crippen LogP contribution in [-0.2, 0) is 6.54 Å². The molecule has 0 unspecified atom stereocenters. The summed E-state index contributed by atoms with van der Waals surface area (Å²) in [5, 5.41) is 11.1. The Bertz CT molecular complexity index is 637. The van der Waals surface area contributed by atoms with E-state index in [2.05, 4.69) is 20.6 Å². The predicted molar refractivity (Wildman–Crippen MR) is 74.6 cm³/mol. The number of amides is 1. The molecule has 0 aliphatic heterocycles. The number of carbonyl (C=O) groups is 1. The number of carbonyl (C=O) groups excluding carboxylic acids is 1. The van der Waals surface area contributed by atoms with Gasteiger partial charge in [0, 0.05) is 6.54 Å². The lowest BCUT2D eigenvalue weighted by atomic mass is 10.1. The maximum absolute atomic E-state index is 12.5. The van der Waals surface area contributed by atoms with Crippen molar-refractivity contribution < 1.29 is 9.32 Å². The van der Waals surface area contributed by atoms with E-state index in [0.29, 0.717) is 22.9 Å². The molecule has 21 heavy (non-hydrogen) atoms. The van der Waals surface area contributed by atoms with Crippen molar-refractivity contribution >= 4 is 5.91 Å². The molecule has 1 atom stereocenters. The minimum Gasteiger partial charge on any atom is -0.361 e. The first-order valence-electron chi connectivity index (χ1n) is 7.23. The molecule has 1 saturated carbocycles. The molecule has 0 aromatic carbocycles. The van der Waals surface area contributed by atoms with E-state index in [1.165, 1.54) is 6.33 Å². The molecule has 0 saturated heterocycles. The fourth-order valence-corrected chi connectivity index (χ4v) is 2.60. The van der Waals surface area contributed by atoms with Gasteiger partial charge in [0.25, 0.3) is 5.91 Å².